The molecule has 2 N–H and O–H groups in total. The van der Waals surface area contributed by atoms with Gasteiger partial charge in [-0.1, -0.05) is 12.1 Å². The molecule has 1 saturated heterocycles. The SMILES string of the molecule is Cl.O=C(CCSc1ccccc1F)NCC1CCCNC1. The summed E-state index contributed by atoms with van der Waals surface area (Å²) < 4.78 is 13.4. The summed E-state index contributed by atoms with van der Waals surface area (Å²) in [5.41, 5.74) is 0. The molecule has 1 amide bonds. The van der Waals surface area contributed by atoms with Crippen molar-refractivity contribution in [3.63, 3.8) is 0 Å². The van der Waals surface area contributed by atoms with Gasteiger partial charge in [0, 0.05) is 23.6 Å². The molecule has 6 heteroatoms. The quantitative estimate of drug-likeness (QED) is 0.787. The summed E-state index contributed by atoms with van der Waals surface area (Å²) >= 11 is 1.39. The van der Waals surface area contributed by atoms with E-state index in [1.165, 1.54) is 30.7 Å². The first kappa shape index (κ1) is 18.3. The number of benzene rings is 1. The van der Waals surface area contributed by atoms with Gasteiger partial charge < -0.3 is 10.6 Å². The van der Waals surface area contributed by atoms with Crippen molar-refractivity contribution in [2.45, 2.75) is 24.2 Å². The molecule has 0 saturated carbocycles. The van der Waals surface area contributed by atoms with E-state index in [9.17, 15) is 9.18 Å². The van der Waals surface area contributed by atoms with E-state index in [0.717, 1.165) is 19.6 Å². The number of piperidine rings is 1. The lowest BCUT2D eigenvalue weighted by Crippen LogP contribution is -2.38. The van der Waals surface area contributed by atoms with Crippen LogP contribution in [0.15, 0.2) is 29.2 Å². The third kappa shape index (κ3) is 6.68. The molecule has 0 bridgehead atoms. The van der Waals surface area contributed by atoms with Crippen LogP contribution in [0, 0.1) is 11.7 Å². The Balaban J connectivity index is 0.00000220. The van der Waals surface area contributed by atoms with Crippen LogP contribution < -0.4 is 10.6 Å². The lowest BCUT2D eigenvalue weighted by Gasteiger charge is -2.22. The maximum Gasteiger partial charge on any atom is 0.220 e. The van der Waals surface area contributed by atoms with Crippen LogP contribution in [0.25, 0.3) is 0 Å². The van der Waals surface area contributed by atoms with Gasteiger partial charge in [0.2, 0.25) is 5.91 Å². The second-order valence-electron chi connectivity index (χ2n) is 5.05. The van der Waals surface area contributed by atoms with Gasteiger partial charge in [-0.3, -0.25) is 4.79 Å². The summed E-state index contributed by atoms with van der Waals surface area (Å²) in [6, 6.07) is 6.66. The van der Waals surface area contributed by atoms with E-state index in [4.69, 9.17) is 0 Å². The Bertz CT molecular complexity index is 441. The highest BCUT2D eigenvalue weighted by Gasteiger charge is 2.13. The molecule has 1 heterocycles. The number of thioether (sulfide) groups is 1. The zero-order valence-corrected chi connectivity index (χ0v) is 13.6. The number of amides is 1. The molecule has 0 radical (unpaired) electrons. The highest BCUT2D eigenvalue weighted by Crippen LogP contribution is 2.21. The first-order valence-electron chi connectivity index (χ1n) is 7.10. The van der Waals surface area contributed by atoms with Gasteiger partial charge in [-0.05, 0) is 44.0 Å². The van der Waals surface area contributed by atoms with E-state index < -0.39 is 0 Å². The third-order valence-electron chi connectivity index (χ3n) is 3.41. The number of nitrogens with one attached hydrogen (secondary N) is 2. The van der Waals surface area contributed by atoms with E-state index in [2.05, 4.69) is 10.6 Å². The minimum atomic E-state index is -0.216. The Hall–Kier alpha value is -0.780. The van der Waals surface area contributed by atoms with E-state index in [0.29, 0.717) is 23.0 Å². The predicted octanol–water partition coefficient (Wildman–Crippen LogP) is 2.85. The summed E-state index contributed by atoms with van der Waals surface area (Å²) in [4.78, 5) is 12.3. The van der Waals surface area contributed by atoms with Crippen LogP contribution in [0.5, 0.6) is 0 Å². The molecule has 0 spiro atoms. The Morgan fingerprint density at radius 1 is 1.43 bits per heavy atom. The molecule has 118 valence electrons. The van der Waals surface area contributed by atoms with Crippen molar-refractivity contribution in [2.24, 2.45) is 5.92 Å². The van der Waals surface area contributed by atoms with Crippen molar-refractivity contribution >= 4 is 30.1 Å². The van der Waals surface area contributed by atoms with Crippen LogP contribution in [0.1, 0.15) is 19.3 Å². The molecule has 1 aliphatic heterocycles. The molecule has 21 heavy (non-hydrogen) atoms. The smallest absolute Gasteiger partial charge is 0.220 e. The number of hydrogen-bond acceptors (Lipinski definition) is 3. The number of hydrogen-bond donors (Lipinski definition) is 2. The first-order chi connectivity index (χ1) is 9.75. The monoisotopic (exact) mass is 332 g/mol. The summed E-state index contributed by atoms with van der Waals surface area (Å²) in [6.45, 7) is 2.82. The molecular formula is C15H22ClFN2OS. The lowest BCUT2D eigenvalue weighted by atomic mass is 10.00. The molecular weight excluding hydrogens is 311 g/mol. The zero-order chi connectivity index (χ0) is 14.2. The number of carbonyl (C=O) groups excluding carboxylic acids is 1. The molecule has 1 aromatic rings. The zero-order valence-electron chi connectivity index (χ0n) is 11.9. The normalized spacial score (nSPS) is 17.9. The minimum absolute atomic E-state index is 0. The fraction of sp³-hybridized carbons (Fsp3) is 0.533. The maximum absolute atomic E-state index is 13.4. The Morgan fingerprint density at radius 3 is 2.95 bits per heavy atom. The van der Waals surface area contributed by atoms with Gasteiger partial charge in [-0.2, -0.15) is 0 Å². The highest BCUT2D eigenvalue weighted by molar-refractivity contribution is 7.99. The van der Waals surface area contributed by atoms with Crippen molar-refractivity contribution in [1.82, 2.24) is 10.6 Å². The highest BCUT2D eigenvalue weighted by atomic mass is 35.5. The lowest BCUT2D eigenvalue weighted by molar-refractivity contribution is -0.120. The third-order valence-corrected chi connectivity index (χ3v) is 4.46. The summed E-state index contributed by atoms with van der Waals surface area (Å²) in [7, 11) is 0. The van der Waals surface area contributed by atoms with E-state index >= 15 is 0 Å². The first-order valence-corrected chi connectivity index (χ1v) is 8.09. The average Bonchev–Trinajstić information content (AvgIpc) is 2.48. The Kier molecular flexibility index (Phi) is 8.73. The predicted molar refractivity (Wildman–Crippen MR) is 87.6 cm³/mol. The van der Waals surface area contributed by atoms with Crippen molar-refractivity contribution in [3.8, 4) is 0 Å². The molecule has 1 unspecified atom stereocenters. The fourth-order valence-corrected chi connectivity index (χ4v) is 3.15. The summed E-state index contributed by atoms with van der Waals surface area (Å²) in [5, 5.41) is 6.30. The maximum atomic E-state index is 13.4. The Morgan fingerprint density at radius 2 is 2.24 bits per heavy atom. The van der Waals surface area contributed by atoms with Crippen LogP contribution in [-0.4, -0.2) is 31.3 Å². The Labute approximate surface area is 135 Å². The summed E-state index contributed by atoms with van der Waals surface area (Å²) in [5.74, 6) is 0.993. The molecule has 0 aliphatic carbocycles. The van der Waals surface area contributed by atoms with Crippen molar-refractivity contribution in [1.29, 1.82) is 0 Å². The van der Waals surface area contributed by atoms with Crippen LogP contribution in [0.2, 0.25) is 0 Å². The van der Waals surface area contributed by atoms with Gasteiger partial charge >= 0.3 is 0 Å². The molecule has 0 aromatic heterocycles. The van der Waals surface area contributed by atoms with E-state index in [-0.39, 0.29) is 24.1 Å². The summed E-state index contributed by atoms with van der Waals surface area (Å²) in [6.07, 6.45) is 2.79. The van der Waals surface area contributed by atoms with Crippen LogP contribution in [0.3, 0.4) is 0 Å². The van der Waals surface area contributed by atoms with Crippen LogP contribution >= 0.6 is 24.2 Å². The molecule has 1 aliphatic rings. The van der Waals surface area contributed by atoms with E-state index in [1.54, 1.807) is 12.1 Å². The molecule has 1 fully saturated rings. The minimum Gasteiger partial charge on any atom is -0.356 e. The average molecular weight is 333 g/mol. The number of rotatable bonds is 6. The van der Waals surface area contributed by atoms with Crippen molar-refractivity contribution in [3.05, 3.63) is 30.1 Å². The van der Waals surface area contributed by atoms with Gasteiger partial charge in [0.15, 0.2) is 0 Å². The molecule has 1 aromatic carbocycles. The number of carbonyl (C=O) groups is 1. The largest absolute Gasteiger partial charge is 0.356 e. The second kappa shape index (κ2) is 10.0. The van der Waals surface area contributed by atoms with Gasteiger partial charge in [-0.25, -0.2) is 4.39 Å². The van der Waals surface area contributed by atoms with E-state index in [1.807, 2.05) is 6.07 Å². The second-order valence-corrected chi connectivity index (χ2v) is 6.18. The standard InChI is InChI=1S/C15H21FN2OS.ClH/c16-13-5-1-2-6-14(13)20-9-7-15(19)18-11-12-4-3-8-17-10-12;/h1-2,5-6,12,17H,3-4,7-11H2,(H,18,19);1H. The molecule has 2 rings (SSSR count). The van der Waals surface area contributed by atoms with Crippen LogP contribution in [0.4, 0.5) is 4.39 Å². The topological polar surface area (TPSA) is 41.1 Å². The van der Waals surface area contributed by atoms with Gasteiger partial charge in [-0.15, -0.1) is 24.2 Å². The van der Waals surface area contributed by atoms with Crippen molar-refractivity contribution < 1.29 is 9.18 Å². The van der Waals surface area contributed by atoms with Crippen molar-refractivity contribution in [2.75, 3.05) is 25.4 Å². The fourth-order valence-electron chi connectivity index (χ4n) is 2.26. The van der Waals surface area contributed by atoms with Gasteiger partial charge in [0.05, 0.1) is 0 Å². The molecule has 1 atom stereocenters. The van der Waals surface area contributed by atoms with Gasteiger partial charge in [0.1, 0.15) is 5.82 Å². The number of halogens is 2. The van der Waals surface area contributed by atoms with Crippen LogP contribution in [-0.2, 0) is 4.79 Å². The van der Waals surface area contributed by atoms with Gasteiger partial charge in [0.25, 0.3) is 0 Å². The molecule has 3 nitrogen and oxygen atoms in total.